The van der Waals surface area contributed by atoms with Crippen molar-refractivity contribution < 1.29 is 13.2 Å². The van der Waals surface area contributed by atoms with Crippen LogP contribution in [0.2, 0.25) is 0 Å². The first-order valence-corrected chi connectivity index (χ1v) is 7.41. The standard InChI is InChI=1S/C12H11N5O3S/c13-16-8-3-5-14-9(6-8)7-17-12(18)10-2-1-4-15-11(10)21(17,19)20/h1-6H,7,13H2,(H,14,16). The zero-order valence-corrected chi connectivity index (χ0v) is 11.5. The van der Waals surface area contributed by atoms with Gasteiger partial charge in [-0.1, -0.05) is 0 Å². The SMILES string of the molecule is NNc1ccnc(CN2C(=O)c3cccnc3S2(=O)=O)c1. The molecule has 0 saturated heterocycles. The maximum atomic E-state index is 12.3. The predicted octanol–water partition coefficient (Wildman–Crippen LogP) is 0.107. The van der Waals surface area contributed by atoms with Gasteiger partial charge in [-0.15, -0.1) is 0 Å². The summed E-state index contributed by atoms with van der Waals surface area (Å²) in [5.41, 5.74) is 3.48. The molecule has 21 heavy (non-hydrogen) atoms. The third kappa shape index (κ3) is 2.12. The first-order valence-electron chi connectivity index (χ1n) is 5.97. The largest absolute Gasteiger partial charge is 0.324 e. The fourth-order valence-corrected chi connectivity index (χ4v) is 3.52. The number of hydrazine groups is 1. The van der Waals surface area contributed by atoms with Crippen LogP contribution in [0.5, 0.6) is 0 Å². The van der Waals surface area contributed by atoms with E-state index >= 15 is 0 Å². The van der Waals surface area contributed by atoms with Crippen LogP contribution in [0.15, 0.2) is 41.7 Å². The molecule has 0 bridgehead atoms. The number of nitrogens with zero attached hydrogens (tertiary/aromatic N) is 3. The van der Waals surface area contributed by atoms with Gasteiger partial charge in [0.25, 0.3) is 15.9 Å². The summed E-state index contributed by atoms with van der Waals surface area (Å²) in [6.45, 7) is -0.174. The number of carbonyl (C=O) groups is 1. The Labute approximate surface area is 120 Å². The summed E-state index contributed by atoms with van der Waals surface area (Å²) in [6.07, 6.45) is 2.81. The molecule has 0 aromatic carbocycles. The molecule has 0 unspecified atom stereocenters. The highest BCUT2D eigenvalue weighted by atomic mass is 32.2. The molecule has 1 aliphatic rings. The van der Waals surface area contributed by atoms with Crippen LogP contribution in [0.25, 0.3) is 0 Å². The number of amides is 1. The van der Waals surface area contributed by atoms with E-state index in [2.05, 4.69) is 15.4 Å². The molecule has 2 aromatic heterocycles. The number of aromatic nitrogens is 2. The van der Waals surface area contributed by atoms with Gasteiger partial charge in [0.15, 0.2) is 5.03 Å². The third-order valence-electron chi connectivity index (χ3n) is 3.05. The summed E-state index contributed by atoms with van der Waals surface area (Å²) in [5, 5.41) is -0.219. The maximum absolute atomic E-state index is 12.3. The van der Waals surface area contributed by atoms with Crippen LogP contribution in [-0.2, 0) is 16.6 Å². The number of rotatable bonds is 3. The first-order chi connectivity index (χ1) is 10.0. The summed E-state index contributed by atoms with van der Waals surface area (Å²) >= 11 is 0. The smallest absolute Gasteiger partial charge is 0.285 e. The van der Waals surface area contributed by atoms with Gasteiger partial charge in [0, 0.05) is 12.4 Å². The third-order valence-corrected chi connectivity index (χ3v) is 4.74. The van der Waals surface area contributed by atoms with E-state index in [1.54, 1.807) is 12.1 Å². The summed E-state index contributed by atoms with van der Waals surface area (Å²) < 4.78 is 25.4. The molecule has 0 aliphatic carbocycles. The van der Waals surface area contributed by atoms with Crippen LogP contribution >= 0.6 is 0 Å². The molecule has 0 radical (unpaired) electrons. The highest BCUT2D eigenvalue weighted by molar-refractivity contribution is 7.90. The summed E-state index contributed by atoms with van der Waals surface area (Å²) in [7, 11) is -3.93. The highest BCUT2D eigenvalue weighted by Gasteiger charge is 2.42. The van der Waals surface area contributed by atoms with Crippen LogP contribution in [0.1, 0.15) is 16.1 Å². The van der Waals surface area contributed by atoms with Crippen LogP contribution < -0.4 is 11.3 Å². The normalized spacial score (nSPS) is 15.9. The van der Waals surface area contributed by atoms with Crippen LogP contribution in [-0.4, -0.2) is 28.6 Å². The Balaban J connectivity index is 1.99. The van der Waals surface area contributed by atoms with Gasteiger partial charge >= 0.3 is 0 Å². The van der Waals surface area contributed by atoms with Crippen molar-refractivity contribution in [3.05, 3.63) is 47.9 Å². The second-order valence-electron chi connectivity index (χ2n) is 4.35. The quantitative estimate of drug-likeness (QED) is 0.610. The van der Waals surface area contributed by atoms with Crippen molar-refractivity contribution in [2.75, 3.05) is 5.43 Å². The number of nitrogen functional groups attached to an aromatic ring is 1. The molecule has 1 amide bonds. The average Bonchev–Trinajstić information content (AvgIpc) is 2.69. The van der Waals surface area contributed by atoms with Gasteiger partial charge in [-0.2, -0.15) is 8.42 Å². The number of hydrogen-bond donors (Lipinski definition) is 2. The van der Waals surface area contributed by atoms with Crippen molar-refractivity contribution in [1.29, 1.82) is 0 Å². The second kappa shape index (κ2) is 4.79. The Morgan fingerprint density at radius 1 is 1.24 bits per heavy atom. The molecule has 3 rings (SSSR count). The molecule has 0 atom stereocenters. The van der Waals surface area contributed by atoms with Gasteiger partial charge in [0.05, 0.1) is 23.5 Å². The molecule has 0 saturated carbocycles. The lowest BCUT2D eigenvalue weighted by Crippen LogP contribution is -2.30. The number of fused-ring (bicyclic) bond motifs is 1. The average molecular weight is 305 g/mol. The van der Waals surface area contributed by atoms with Crippen molar-refractivity contribution in [3.63, 3.8) is 0 Å². The molecule has 108 valence electrons. The zero-order chi connectivity index (χ0) is 15.0. The minimum absolute atomic E-state index is 0.0746. The Bertz CT molecular complexity index is 821. The minimum Gasteiger partial charge on any atom is -0.324 e. The van der Waals surface area contributed by atoms with Gasteiger partial charge in [-0.25, -0.2) is 9.29 Å². The predicted molar refractivity (Wildman–Crippen MR) is 73.3 cm³/mol. The number of anilines is 1. The van der Waals surface area contributed by atoms with Gasteiger partial charge in [0.1, 0.15) is 0 Å². The molecule has 1 aliphatic heterocycles. The first kappa shape index (κ1) is 13.5. The minimum atomic E-state index is -3.93. The van der Waals surface area contributed by atoms with E-state index in [0.717, 1.165) is 4.31 Å². The van der Waals surface area contributed by atoms with E-state index in [4.69, 9.17) is 5.84 Å². The Morgan fingerprint density at radius 3 is 2.76 bits per heavy atom. The molecule has 0 spiro atoms. The van der Waals surface area contributed by atoms with E-state index in [1.807, 2.05) is 0 Å². The Kier molecular flexibility index (Phi) is 3.07. The van der Waals surface area contributed by atoms with E-state index in [9.17, 15) is 13.2 Å². The topological polar surface area (TPSA) is 118 Å². The van der Waals surface area contributed by atoms with Crippen LogP contribution in [0, 0.1) is 0 Å². The molecular weight excluding hydrogens is 294 g/mol. The van der Waals surface area contributed by atoms with Crippen LogP contribution in [0.4, 0.5) is 5.69 Å². The van der Waals surface area contributed by atoms with E-state index in [-0.39, 0.29) is 17.1 Å². The lowest BCUT2D eigenvalue weighted by molar-refractivity contribution is 0.0863. The lowest BCUT2D eigenvalue weighted by Gasteiger charge is -2.14. The van der Waals surface area contributed by atoms with Gasteiger partial charge < -0.3 is 5.43 Å². The molecule has 9 heteroatoms. The van der Waals surface area contributed by atoms with Crippen molar-refractivity contribution >= 4 is 21.6 Å². The summed E-state index contributed by atoms with van der Waals surface area (Å²) in [5.74, 6) is 4.68. The number of nitrogens with one attached hydrogen (secondary N) is 1. The summed E-state index contributed by atoms with van der Waals surface area (Å²) in [6, 6.07) is 6.15. The fraction of sp³-hybridized carbons (Fsp3) is 0.0833. The number of pyridine rings is 2. The summed E-state index contributed by atoms with van der Waals surface area (Å²) in [4.78, 5) is 20.0. The molecule has 8 nitrogen and oxygen atoms in total. The Hall–Kier alpha value is -2.52. The fourth-order valence-electron chi connectivity index (χ4n) is 2.07. The molecule has 3 heterocycles. The highest BCUT2D eigenvalue weighted by Crippen LogP contribution is 2.29. The van der Waals surface area contributed by atoms with Crippen molar-refractivity contribution in [1.82, 2.24) is 14.3 Å². The van der Waals surface area contributed by atoms with Crippen molar-refractivity contribution in [2.45, 2.75) is 11.6 Å². The molecule has 0 fully saturated rings. The van der Waals surface area contributed by atoms with E-state index in [1.165, 1.54) is 24.5 Å². The lowest BCUT2D eigenvalue weighted by atomic mass is 10.2. The molecule has 2 aromatic rings. The zero-order valence-electron chi connectivity index (χ0n) is 10.7. The van der Waals surface area contributed by atoms with Gasteiger partial charge in [-0.05, 0) is 24.3 Å². The molecular formula is C12H11N5O3S. The second-order valence-corrected chi connectivity index (χ2v) is 6.13. The number of sulfonamides is 1. The number of carbonyl (C=O) groups excluding carboxylic acids is 1. The van der Waals surface area contributed by atoms with Gasteiger partial charge in [0.2, 0.25) is 0 Å². The van der Waals surface area contributed by atoms with Crippen molar-refractivity contribution in [3.8, 4) is 0 Å². The number of nitrogens with two attached hydrogens (primary N) is 1. The van der Waals surface area contributed by atoms with Gasteiger partial charge in [-0.3, -0.25) is 15.6 Å². The maximum Gasteiger partial charge on any atom is 0.285 e. The number of hydrogen-bond acceptors (Lipinski definition) is 7. The van der Waals surface area contributed by atoms with Crippen molar-refractivity contribution in [2.24, 2.45) is 5.84 Å². The monoisotopic (exact) mass is 305 g/mol. The molecule has 3 N–H and O–H groups in total. The van der Waals surface area contributed by atoms with Crippen LogP contribution in [0.3, 0.4) is 0 Å². The van der Waals surface area contributed by atoms with E-state index < -0.39 is 15.9 Å². The van der Waals surface area contributed by atoms with E-state index in [0.29, 0.717) is 11.4 Å². The Morgan fingerprint density at radius 2 is 2.05 bits per heavy atom.